The Kier molecular flexibility index (Phi) is 12.3. The van der Waals surface area contributed by atoms with Crippen LogP contribution < -0.4 is 0 Å². The van der Waals surface area contributed by atoms with Gasteiger partial charge in [0.05, 0.1) is 32.8 Å². The van der Waals surface area contributed by atoms with E-state index in [1.807, 2.05) is 47.9 Å². The van der Waals surface area contributed by atoms with Crippen molar-refractivity contribution in [3.05, 3.63) is 309 Å². The second-order valence-electron chi connectivity index (χ2n) is 26.7. The summed E-state index contributed by atoms with van der Waals surface area (Å²) < 4.78 is 15.0. The number of furan rings is 1. The molecule has 13 aromatic carbocycles. The van der Waals surface area contributed by atoms with E-state index in [0.29, 0.717) is 17.4 Å². The molecule has 0 spiro atoms. The zero-order chi connectivity index (χ0) is 65.9. The van der Waals surface area contributed by atoms with Crippen LogP contribution in [0.4, 0.5) is 0 Å². The van der Waals surface area contributed by atoms with Crippen LogP contribution in [-0.4, -0.2) is 34.1 Å². The van der Waals surface area contributed by atoms with Gasteiger partial charge in [-0.2, -0.15) is 4.98 Å². The van der Waals surface area contributed by atoms with E-state index < -0.39 is 0 Å². The topological polar surface area (TPSA) is 87.5 Å². The number of benzene rings is 13. The number of fused-ring (bicyclic) bond motifs is 20. The third-order valence-corrected chi connectivity index (χ3v) is 23.0. The number of rotatable bonds is 6. The molecule has 0 unspecified atom stereocenters. The van der Waals surface area contributed by atoms with Crippen LogP contribution in [0.3, 0.4) is 0 Å². The van der Waals surface area contributed by atoms with Gasteiger partial charge in [0.25, 0.3) is 0 Å². The van der Waals surface area contributed by atoms with Gasteiger partial charge in [0.2, 0.25) is 5.71 Å². The minimum atomic E-state index is -0.118. The van der Waals surface area contributed by atoms with Crippen LogP contribution in [0.5, 0.6) is 0 Å². The predicted octanol–water partition coefficient (Wildman–Crippen LogP) is 24.5. The van der Waals surface area contributed by atoms with E-state index in [9.17, 15) is 0 Å². The Morgan fingerprint density at radius 1 is 0.350 bits per heavy atom. The van der Waals surface area contributed by atoms with E-state index in [4.69, 9.17) is 24.4 Å². The predicted molar refractivity (Wildman–Crippen MR) is 418 cm³/mol. The van der Waals surface area contributed by atoms with Crippen molar-refractivity contribution in [2.75, 3.05) is 0 Å². The molecule has 0 aliphatic heterocycles. The summed E-state index contributed by atoms with van der Waals surface area (Å²) >= 11 is 3.58. The molecule has 1 aliphatic rings. The molecule has 8 nitrogen and oxygen atoms in total. The average Bonchev–Trinajstić information content (AvgIpc) is 1.58. The third-order valence-electron chi connectivity index (χ3n) is 20.7. The van der Waals surface area contributed by atoms with Crippen molar-refractivity contribution in [3.8, 4) is 67.8 Å². The quantitative estimate of drug-likeness (QED) is 0.165. The second-order valence-corrected chi connectivity index (χ2v) is 28.7. The van der Waals surface area contributed by atoms with Crippen LogP contribution in [0, 0.1) is 0 Å². The lowest BCUT2D eigenvalue weighted by molar-refractivity contribution is 0.653. The maximum absolute atomic E-state index is 6.61. The summed E-state index contributed by atoms with van der Waals surface area (Å²) in [5.41, 5.74) is 17.8. The highest BCUT2D eigenvalue weighted by Gasteiger charge is 2.37. The summed E-state index contributed by atoms with van der Waals surface area (Å²) in [6.07, 6.45) is 3.65. The van der Waals surface area contributed by atoms with Gasteiger partial charge in [0, 0.05) is 86.1 Å². The summed E-state index contributed by atoms with van der Waals surface area (Å²) in [5, 5.41) is 16.3. The zero-order valence-electron chi connectivity index (χ0n) is 54.1. The molecule has 10 heteroatoms. The molecule has 0 saturated heterocycles. The highest BCUT2D eigenvalue weighted by Crippen LogP contribution is 2.53. The first kappa shape index (κ1) is 56.7. The lowest BCUT2D eigenvalue weighted by atomic mass is 9.79. The maximum Gasteiger partial charge on any atom is 0.233 e. The Labute approximate surface area is 580 Å². The minimum Gasteiger partial charge on any atom is -0.437 e. The lowest BCUT2D eigenvalue weighted by Gasteiger charge is -2.24. The SMILES string of the molecule is CC1(C)c2ccccc2-c2cccc(-c3ccc4sc5nc(-c6cccnc6)nc(-n6c7ccccc7c7cc8ccccc8cc76)c5c4c3)c21.c1ccc(-c2nc(-n3c4ccccc4c4cc5ccccc5cc43)c3c(n2)oc2ccc(-c4cccc5c4sc4ccccc45)cc23)cc1. The maximum atomic E-state index is 6.61. The van der Waals surface area contributed by atoms with Crippen molar-refractivity contribution >= 4 is 150 Å². The summed E-state index contributed by atoms with van der Waals surface area (Å²) in [6, 6.07) is 102. The monoisotopic (exact) mass is 1310 g/mol. The van der Waals surface area contributed by atoms with Crippen molar-refractivity contribution in [1.29, 1.82) is 0 Å². The first-order valence-electron chi connectivity index (χ1n) is 33.8. The van der Waals surface area contributed by atoms with Crippen LogP contribution in [0.15, 0.2) is 302 Å². The number of hydrogen-bond acceptors (Lipinski definition) is 8. The standard InChI is InChI=1S/C46H30N4S.C44H25N3OS/c1-46(2)37-18-7-5-14-32(37)34-17-9-16-31(42(34)46)29-20-21-40-36(24-29)41-44(48-43(49-45(41)51-40)30-13-10-22-47-26-30)50-38-19-8-6-15-33(38)35-23-27-11-3-4-12-28(27)25-39(35)50;1-2-11-26(12-3-1)42-45-43(47-36-19-8-6-15-31(36)34-23-27-13-4-5-14-28(27)25-37(34)47)40-35-24-29(21-22-38(35)48-44(40)46-42)30-17-10-18-33-32-16-7-9-20-39(32)49-41(30)33/h3-26H,1-2H3;1-25H. The molecule has 0 N–H and O–H groups in total. The fourth-order valence-corrected chi connectivity index (χ4v) is 18.4. The molecule has 8 aromatic heterocycles. The second kappa shape index (κ2) is 21.8. The summed E-state index contributed by atoms with van der Waals surface area (Å²) in [5.74, 6) is 2.99. The van der Waals surface area contributed by atoms with E-state index in [1.165, 1.54) is 107 Å². The van der Waals surface area contributed by atoms with Crippen molar-refractivity contribution < 1.29 is 4.42 Å². The highest BCUT2D eigenvalue weighted by atomic mass is 32.1. The Morgan fingerprint density at radius 3 is 1.63 bits per heavy atom. The van der Waals surface area contributed by atoms with E-state index >= 15 is 0 Å². The molecule has 1 aliphatic carbocycles. The van der Waals surface area contributed by atoms with E-state index in [2.05, 4.69) is 283 Å². The molecule has 0 atom stereocenters. The van der Waals surface area contributed by atoms with Crippen molar-refractivity contribution in [1.82, 2.24) is 34.1 Å². The van der Waals surface area contributed by atoms with Crippen molar-refractivity contribution in [3.63, 3.8) is 0 Å². The number of para-hydroxylation sites is 2. The van der Waals surface area contributed by atoms with Crippen LogP contribution in [0.1, 0.15) is 25.0 Å². The summed E-state index contributed by atoms with van der Waals surface area (Å²) in [4.78, 5) is 26.5. The van der Waals surface area contributed by atoms with Crippen LogP contribution in [-0.2, 0) is 5.41 Å². The van der Waals surface area contributed by atoms with E-state index in [1.54, 1.807) is 17.5 Å². The van der Waals surface area contributed by atoms with Gasteiger partial charge in [0.1, 0.15) is 10.4 Å². The van der Waals surface area contributed by atoms with Gasteiger partial charge < -0.3 is 4.42 Å². The lowest BCUT2D eigenvalue weighted by Crippen LogP contribution is -2.16. The highest BCUT2D eigenvalue weighted by molar-refractivity contribution is 7.26. The van der Waals surface area contributed by atoms with Gasteiger partial charge in [-0.1, -0.05) is 220 Å². The fraction of sp³-hybridized carbons (Fsp3) is 0.0333. The normalized spacial score (nSPS) is 12.8. The van der Waals surface area contributed by atoms with Crippen LogP contribution in [0.25, 0.3) is 195 Å². The first-order chi connectivity index (χ1) is 49.3. The van der Waals surface area contributed by atoms with Gasteiger partial charge in [-0.05, 0) is 145 Å². The number of aromatic nitrogens is 7. The molecule has 0 saturated carbocycles. The molecule has 468 valence electrons. The molecule has 22 rings (SSSR count). The Morgan fingerprint density at radius 2 is 0.900 bits per heavy atom. The Bertz CT molecular complexity index is 7020. The number of thiophene rings is 2. The Balaban J connectivity index is 0.000000131. The number of pyridine rings is 1. The average molecular weight is 1310 g/mol. The molecule has 0 amide bonds. The van der Waals surface area contributed by atoms with Gasteiger partial charge in [0.15, 0.2) is 23.3 Å². The van der Waals surface area contributed by atoms with Gasteiger partial charge in [-0.3, -0.25) is 14.1 Å². The van der Waals surface area contributed by atoms with Crippen LogP contribution >= 0.6 is 22.7 Å². The van der Waals surface area contributed by atoms with Gasteiger partial charge >= 0.3 is 0 Å². The molecular weight excluding hydrogens is 1260 g/mol. The molecule has 0 bridgehead atoms. The van der Waals surface area contributed by atoms with Gasteiger partial charge in [-0.25, -0.2) is 15.0 Å². The van der Waals surface area contributed by atoms with Crippen molar-refractivity contribution in [2.24, 2.45) is 0 Å². The molecule has 100 heavy (non-hydrogen) atoms. The third kappa shape index (κ3) is 8.54. The van der Waals surface area contributed by atoms with Crippen LogP contribution in [0.2, 0.25) is 0 Å². The summed E-state index contributed by atoms with van der Waals surface area (Å²) in [7, 11) is 0. The molecule has 21 aromatic rings. The molecule has 8 heterocycles. The largest absolute Gasteiger partial charge is 0.437 e. The smallest absolute Gasteiger partial charge is 0.233 e. The fourth-order valence-electron chi connectivity index (χ4n) is 16.1. The van der Waals surface area contributed by atoms with Crippen molar-refractivity contribution in [2.45, 2.75) is 19.3 Å². The number of nitrogens with zero attached hydrogens (tertiary/aromatic N) is 7. The van der Waals surface area contributed by atoms with E-state index in [0.717, 1.165) is 82.4 Å². The minimum absolute atomic E-state index is 0.118. The zero-order valence-corrected chi connectivity index (χ0v) is 55.8. The Hall–Kier alpha value is -12.5. The molecule has 0 fully saturated rings. The molecular formula is C90H55N7OS2. The first-order valence-corrected chi connectivity index (χ1v) is 35.4. The number of hydrogen-bond donors (Lipinski definition) is 0. The summed E-state index contributed by atoms with van der Waals surface area (Å²) in [6.45, 7) is 4.72. The van der Waals surface area contributed by atoms with Gasteiger partial charge in [-0.15, -0.1) is 22.7 Å². The molecule has 0 radical (unpaired) electrons. The van der Waals surface area contributed by atoms with E-state index in [-0.39, 0.29) is 5.41 Å².